The van der Waals surface area contributed by atoms with Crippen LogP contribution in [0.1, 0.15) is 12.5 Å². The number of hydrogen-bond acceptors (Lipinski definition) is 9. The van der Waals surface area contributed by atoms with Crippen molar-refractivity contribution >= 4 is 16.1 Å². The lowest BCUT2D eigenvalue weighted by atomic mass is 9.84. The molecule has 0 saturated heterocycles. The second kappa shape index (κ2) is 7.99. The minimum atomic E-state index is -4.32. The minimum Gasteiger partial charge on any atom is -0.457 e. The predicted molar refractivity (Wildman–Crippen MR) is 87.6 cm³/mol. The maximum Gasteiger partial charge on any atom is 0.303 e. The summed E-state index contributed by atoms with van der Waals surface area (Å²) >= 11 is 0. The van der Waals surface area contributed by atoms with Crippen LogP contribution in [0.4, 0.5) is 0 Å². The summed E-state index contributed by atoms with van der Waals surface area (Å²) in [5.74, 6) is -0.778. The van der Waals surface area contributed by atoms with Gasteiger partial charge in [-0.2, -0.15) is 8.42 Å². The fourth-order valence-corrected chi connectivity index (χ4v) is 3.88. The summed E-state index contributed by atoms with van der Waals surface area (Å²) in [7, 11) is -3.14. The average molecular weight is 390 g/mol. The van der Waals surface area contributed by atoms with Crippen molar-refractivity contribution in [3.8, 4) is 0 Å². The molecule has 0 radical (unpaired) electrons. The van der Waals surface area contributed by atoms with Crippen LogP contribution in [0.5, 0.6) is 0 Å². The number of esters is 1. The fraction of sp³-hybridized carbons (Fsp3) is 0.562. The van der Waals surface area contributed by atoms with Crippen molar-refractivity contribution in [3.05, 3.63) is 29.8 Å². The third kappa shape index (κ3) is 4.22. The predicted octanol–water partition coefficient (Wildman–Crippen LogP) is -0.888. The molecule has 1 aromatic carbocycles. The Balaban J connectivity index is 2.34. The van der Waals surface area contributed by atoms with E-state index in [4.69, 9.17) is 13.7 Å². The first kappa shape index (κ1) is 20.7. The van der Waals surface area contributed by atoms with E-state index in [1.54, 1.807) is 19.1 Å². The molecule has 26 heavy (non-hydrogen) atoms. The SMILES string of the molecule is CO[C@@H]1[C@H](OC(C)=O)[C@@H](O)[C@@H](O)[C@H](O)[C@H]1OS(=O)(=O)c1ccc(C)cc1. The molecule has 3 N–H and O–H groups in total. The van der Waals surface area contributed by atoms with E-state index in [2.05, 4.69) is 0 Å². The number of hydrogen-bond donors (Lipinski definition) is 3. The first-order chi connectivity index (χ1) is 12.1. The van der Waals surface area contributed by atoms with Crippen molar-refractivity contribution in [2.45, 2.75) is 55.4 Å². The van der Waals surface area contributed by atoms with Gasteiger partial charge >= 0.3 is 5.97 Å². The van der Waals surface area contributed by atoms with Crippen LogP contribution in [0.25, 0.3) is 0 Å². The van der Waals surface area contributed by atoms with Gasteiger partial charge in [0.05, 0.1) is 4.90 Å². The molecule has 146 valence electrons. The molecule has 0 unspecified atom stereocenters. The highest BCUT2D eigenvalue weighted by Crippen LogP contribution is 2.30. The van der Waals surface area contributed by atoms with Crippen LogP contribution in [0.2, 0.25) is 0 Å². The van der Waals surface area contributed by atoms with Gasteiger partial charge in [0.2, 0.25) is 0 Å². The van der Waals surface area contributed by atoms with Crippen molar-refractivity contribution in [1.29, 1.82) is 0 Å². The number of ether oxygens (including phenoxy) is 2. The highest BCUT2D eigenvalue weighted by Gasteiger charge is 2.53. The van der Waals surface area contributed by atoms with Gasteiger partial charge < -0.3 is 24.8 Å². The van der Waals surface area contributed by atoms with Crippen LogP contribution in [-0.4, -0.2) is 73.4 Å². The average Bonchev–Trinajstić information content (AvgIpc) is 2.57. The fourth-order valence-electron chi connectivity index (χ4n) is 2.78. The van der Waals surface area contributed by atoms with Crippen LogP contribution >= 0.6 is 0 Å². The van der Waals surface area contributed by atoms with Gasteiger partial charge in [0.25, 0.3) is 10.1 Å². The summed E-state index contributed by atoms with van der Waals surface area (Å²) in [5.41, 5.74) is 0.838. The van der Waals surface area contributed by atoms with Gasteiger partial charge in [0.15, 0.2) is 6.10 Å². The Bertz CT molecular complexity index is 731. The van der Waals surface area contributed by atoms with Crippen LogP contribution in [0.15, 0.2) is 29.2 Å². The molecular weight excluding hydrogens is 368 g/mol. The van der Waals surface area contributed by atoms with Crippen LogP contribution in [0.3, 0.4) is 0 Å². The van der Waals surface area contributed by atoms with Gasteiger partial charge in [-0.3, -0.25) is 8.98 Å². The summed E-state index contributed by atoms with van der Waals surface area (Å²) in [5, 5.41) is 30.2. The maximum atomic E-state index is 12.5. The Morgan fingerprint density at radius 1 is 0.962 bits per heavy atom. The van der Waals surface area contributed by atoms with E-state index in [9.17, 15) is 28.5 Å². The zero-order chi connectivity index (χ0) is 19.6. The minimum absolute atomic E-state index is 0.158. The van der Waals surface area contributed by atoms with E-state index < -0.39 is 52.7 Å². The molecule has 0 heterocycles. The second-order valence-corrected chi connectivity index (χ2v) is 7.65. The first-order valence-corrected chi connectivity index (χ1v) is 9.23. The maximum absolute atomic E-state index is 12.5. The number of methoxy groups -OCH3 is 1. The van der Waals surface area contributed by atoms with E-state index in [0.717, 1.165) is 12.5 Å². The Morgan fingerprint density at radius 2 is 1.50 bits per heavy atom. The van der Waals surface area contributed by atoms with Crippen molar-refractivity contribution < 1.29 is 42.2 Å². The third-order valence-corrected chi connectivity index (χ3v) is 5.47. The normalized spacial score (nSPS) is 32.2. The summed E-state index contributed by atoms with van der Waals surface area (Å²) in [6.45, 7) is 2.86. The summed E-state index contributed by atoms with van der Waals surface area (Å²) < 4.78 is 40.1. The number of rotatable bonds is 5. The van der Waals surface area contributed by atoms with Crippen molar-refractivity contribution in [2.24, 2.45) is 0 Å². The number of carbonyl (C=O) groups is 1. The lowest BCUT2D eigenvalue weighted by Crippen LogP contribution is -2.66. The lowest BCUT2D eigenvalue weighted by Gasteiger charge is -2.43. The first-order valence-electron chi connectivity index (χ1n) is 7.82. The molecule has 10 heteroatoms. The van der Waals surface area contributed by atoms with Gasteiger partial charge in [-0.15, -0.1) is 0 Å². The number of carbonyl (C=O) groups excluding carboxylic acids is 1. The monoisotopic (exact) mass is 390 g/mol. The van der Waals surface area contributed by atoms with Crippen LogP contribution in [0, 0.1) is 6.92 Å². The number of benzene rings is 1. The molecule has 0 bridgehead atoms. The molecule has 1 aliphatic rings. The Kier molecular flexibility index (Phi) is 6.37. The lowest BCUT2D eigenvalue weighted by molar-refractivity contribution is -0.232. The summed E-state index contributed by atoms with van der Waals surface area (Å²) in [4.78, 5) is 11.1. The molecular formula is C16H22O9S. The molecule has 1 aliphatic carbocycles. The molecule has 1 aromatic rings. The van der Waals surface area contributed by atoms with Gasteiger partial charge in [-0.1, -0.05) is 17.7 Å². The molecule has 1 fully saturated rings. The molecule has 9 nitrogen and oxygen atoms in total. The van der Waals surface area contributed by atoms with Gasteiger partial charge in [-0.25, -0.2) is 0 Å². The highest BCUT2D eigenvalue weighted by molar-refractivity contribution is 7.86. The summed E-state index contributed by atoms with van der Waals surface area (Å²) in [6.07, 6.45) is -9.62. The molecule has 6 atom stereocenters. The van der Waals surface area contributed by atoms with Gasteiger partial charge in [0, 0.05) is 14.0 Å². The van der Waals surface area contributed by atoms with Crippen molar-refractivity contribution in [3.63, 3.8) is 0 Å². The van der Waals surface area contributed by atoms with Gasteiger partial charge in [-0.05, 0) is 19.1 Å². The largest absolute Gasteiger partial charge is 0.457 e. The number of aryl methyl sites for hydroxylation is 1. The Labute approximate surface area is 151 Å². The molecule has 1 saturated carbocycles. The zero-order valence-electron chi connectivity index (χ0n) is 14.5. The van der Waals surface area contributed by atoms with Gasteiger partial charge in [0.1, 0.15) is 30.5 Å². The van der Waals surface area contributed by atoms with E-state index in [0.29, 0.717) is 0 Å². The van der Waals surface area contributed by atoms with Crippen LogP contribution in [-0.2, 0) is 28.6 Å². The molecule has 0 spiro atoms. The molecule has 2 rings (SSSR count). The van der Waals surface area contributed by atoms with Crippen molar-refractivity contribution in [1.82, 2.24) is 0 Å². The van der Waals surface area contributed by atoms with Crippen molar-refractivity contribution in [2.75, 3.05) is 7.11 Å². The third-order valence-electron chi connectivity index (χ3n) is 4.14. The van der Waals surface area contributed by atoms with E-state index >= 15 is 0 Å². The Hall–Kier alpha value is -1.56. The zero-order valence-corrected chi connectivity index (χ0v) is 15.3. The second-order valence-electron chi connectivity index (χ2n) is 6.07. The number of aliphatic hydroxyl groups excluding tert-OH is 3. The quantitative estimate of drug-likeness (QED) is 0.431. The Morgan fingerprint density at radius 3 is 2.00 bits per heavy atom. The number of aliphatic hydroxyl groups is 3. The van der Waals surface area contributed by atoms with E-state index in [1.807, 2.05) is 0 Å². The molecule has 0 aliphatic heterocycles. The van der Waals surface area contributed by atoms with E-state index in [-0.39, 0.29) is 4.90 Å². The smallest absolute Gasteiger partial charge is 0.303 e. The molecule has 0 amide bonds. The topological polar surface area (TPSA) is 140 Å². The van der Waals surface area contributed by atoms with Crippen LogP contribution < -0.4 is 0 Å². The standard InChI is InChI=1S/C16H22O9S/c1-8-4-6-10(7-5-8)26(21,22)25-15-13(20)11(18)12(19)14(16(15)23-3)24-9(2)17/h4-7,11-16,18-20H,1-3H3/t11-,12+,13+,14-,15-,16-/m1/s1. The summed E-state index contributed by atoms with van der Waals surface area (Å²) in [6, 6.07) is 5.80. The molecule has 0 aromatic heterocycles. The highest BCUT2D eigenvalue weighted by atomic mass is 32.2. The van der Waals surface area contributed by atoms with E-state index in [1.165, 1.54) is 19.2 Å².